The van der Waals surface area contributed by atoms with Gasteiger partial charge in [0.25, 0.3) is 0 Å². The summed E-state index contributed by atoms with van der Waals surface area (Å²) in [5.41, 5.74) is 7.17. The van der Waals surface area contributed by atoms with Gasteiger partial charge >= 0.3 is 0 Å². The van der Waals surface area contributed by atoms with E-state index < -0.39 is 0 Å². The first-order valence-corrected chi connectivity index (χ1v) is 12.8. The molecule has 3 aromatic heterocycles. The second kappa shape index (κ2) is 8.32. The fraction of sp³-hybridized carbons (Fsp3) is 0.300. The molecule has 0 spiro atoms. The van der Waals surface area contributed by atoms with Gasteiger partial charge in [0.2, 0.25) is 0 Å². The molecule has 5 heterocycles. The van der Waals surface area contributed by atoms with Crippen molar-refractivity contribution in [3.05, 3.63) is 78.5 Å². The molecule has 0 amide bonds. The van der Waals surface area contributed by atoms with E-state index >= 15 is 0 Å². The molecule has 0 saturated carbocycles. The summed E-state index contributed by atoms with van der Waals surface area (Å²) in [6, 6.07) is 18.0. The predicted molar refractivity (Wildman–Crippen MR) is 144 cm³/mol. The highest BCUT2D eigenvalue weighted by atomic mass is 15.2. The molecule has 6 heteroatoms. The van der Waals surface area contributed by atoms with Crippen molar-refractivity contribution in [1.82, 2.24) is 24.6 Å². The van der Waals surface area contributed by atoms with Crippen molar-refractivity contribution in [2.45, 2.75) is 44.3 Å². The number of nitrogens with zero attached hydrogens (tertiary/aromatic N) is 5. The lowest BCUT2D eigenvalue weighted by atomic mass is 9.92. The van der Waals surface area contributed by atoms with Crippen molar-refractivity contribution in [3.63, 3.8) is 0 Å². The number of rotatable bonds is 4. The Labute approximate surface area is 210 Å². The fourth-order valence-electron chi connectivity index (χ4n) is 6.44. The summed E-state index contributed by atoms with van der Waals surface area (Å²) in [6.45, 7) is 8.40. The van der Waals surface area contributed by atoms with E-state index in [1.165, 1.54) is 36.6 Å². The highest BCUT2D eigenvalue weighted by molar-refractivity contribution is 6.02. The molecule has 0 aliphatic carbocycles. The zero-order chi connectivity index (χ0) is 24.2. The Morgan fingerprint density at radius 2 is 1.75 bits per heavy atom. The van der Waals surface area contributed by atoms with Crippen LogP contribution in [0, 0.1) is 12.5 Å². The molecule has 7 rings (SSSR count). The van der Waals surface area contributed by atoms with Gasteiger partial charge in [0.05, 0.1) is 35.7 Å². The van der Waals surface area contributed by atoms with Crippen LogP contribution in [0.2, 0.25) is 0 Å². The second-order valence-electron chi connectivity index (χ2n) is 10.4. The Morgan fingerprint density at radius 1 is 0.972 bits per heavy atom. The molecule has 1 N–H and O–H groups in total. The number of hydrogen-bond acceptors (Lipinski definition) is 3. The molecule has 2 fully saturated rings. The largest absolute Gasteiger partial charge is 0.346 e. The van der Waals surface area contributed by atoms with Gasteiger partial charge in [-0.25, -0.2) is 4.85 Å². The zero-order valence-electron chi connectivity index (χ0n) is 20.4. The third-order valence-electron chi connectivity index (χ3n) is 8.16. The van der Waals surface area contributed by atoms with Crippen LogP contribution in [0.5, 0.6) is 0 Å². The van der Waals surface area contributed by atoms with Crippen molar-refractivity contribution in [2.24, 2.45) is 13.0 Å². The standard InChI is InChI=1S/C30H28N6/c1-31-23-6-3-20(4-7-23)29-26-11-12-36(18-19-13-24-8-9-25(14-19)34-24)28(26)17-32-30(29)21-5-10-27-22(15-21)16-33-35(27)2/h3-7,10-12,15-17,19,24-25,34H,8-9,13-14,18H2,2H3/t19?,24-,25+. The molecule has 2 saturated heterocycles. The maximum Gasteiger partial charge on any atom is 0.187 e. The summed E-state index contributed by atoms with van der Waals surface area (Å²) >= 11 is 0. The lowest BCUT2D eigenvalue weighted by molar-refractivity contribution is 0.274. The minimum Gasteiger partial charge on any atom is -0.346 e. The van der Waals surface area contributed by atoms with Crippen LogP contribution in [-0.2, 0) is 13.6 Å². The molecule has 5 aromatic rings. The Morgan fingerprint density at radius 3 is 2.53 bits per heavy atom. The number of nitrogens with one attached hydrogen (secondary N) is 1. The summed E-state index contributed by atoms with van der Waals surface area (Å²) in [7, 11) is 1.97. The maximum atomic E-state index is 7.36. The van der Waals surface area contributed by atoms with Gasteiger partial charge in [0, 0.05) is 53.8 Å². The lowest BCUT2D eigenvalue weighted by Gasteiger charge is -2.29. The van der Waals surface area contributed by atoms with Crippen LogP contribution in [0.4, 0.5) is 5.69 Å². The molecule has 3 atom stereocenters. The molecule has 0 radical (unpaired) electrons. The molecule has 36 heavy (non-hydrogen) atoms. The molecular weight excluding hydrogens is 444 g/mol. The summed E-state index contributed by atoms with van der Waals surface area (Å²) in [5, 5.41) is 10.5. The molecule has 1 unspecified atom stereocenters. The molecule has 2 bridgehead atoms. The fourth-order valence-corrected chi connectivity index (χ4v) is 6.44. The minimum atomic E-state index is 0.648. The van der Waals surface area contributed by atoms with Gasteiger partial charge < -0.3 is 9.88 Å². The summed E-state index contributed by atoms with van der Waals surface area (Å²) < 4.78 is 4.30. The third kappa shape index (κ3) is 3.51. The highest BCUT2D eigenvalue weighted by Gasteiger charge is 2.33. The van der Waals surface area contributed by atoms with Crippen LogP contribution in [-0.4, -0.2) is 31.4 Å². The Hall–Kier alpha value is -3.95. The normalized spacial score (nSPS) is 21.3. The first kappa shape index (κ1) is 21.3. The van der Waals surface area contributed by atoms with Crippen LogP contribution < -0.4 is 5.32 Å². The quantitative estimate of drug-likeness (QED) is 0.311. The van der Waals surface area contributed by atoms with Crippen molar-refractivity contribution < 1.29 is 0 Å². The number of fused-ring (bicyclic) bond motifs is 4. The number of hydrogen-bond donors (Lipinski definition) is 1. The first-order valence-electron chi connectivity index (χ1n) is 12.8. The summed E-state index contributed by atoms with van der Waals surface area (Å²) in [4.78, 5) is 8.64. The van der Waals surface area contributed by atoms with Crippen molar-refractivity contribution >= 4 is 27.5 Å². The van der Waals surface area contributed by atoms with Crippen LogP contribution >= 0.6 is 0 Å². The average molecular weight is 473 g/mol. The number of piperidine rings is 1. The molecule has 2 aliphatic heterocycles. The molecular formula is C30H28N6. The van der Waals surface area contributed by atoms with Gasteiger partial charge in [-0.05, 0) is 55.4 Å². The van der Waals surface area contributed by atoms with Gasteiger partial charge in [-0.15, -0.1) is 0 Å². The predicted octanol–water partition coefficient (Wildman–Crippen LogP) is 6.34. The van der Waals surface area contributed by atoms with Gasteiger partial charge in [0.15, 0.2) is 5.69 Å². The molecule has 2 aliphatic rings. The van der Waals surface area contributed by atoms with Gasteiger partial charge in [-0.2, -0.15) is 5.10 Å². The number of benzene rings is 2. The van der Waals surface area contributed by atoms with E-state index in [1.807, 2.05) is 36.3 Å². The van der Waals surface area contributed by atoms with Gasteiger partial charge in [-0.3, -0.25) is 9.67 Å². The number of pyridine rings is 1. The van der Waals surface area contributed by atoms with Crippen molar-refractivity contribution in [2.75, 3.05) is 0 Å². The summed E-state index contributed by atoms with van der Waals surface area (Å²) in [6.07, 6.45) is 11.4. The highest BCUT2D eigenvalue weighted by Crippen LogP contribution is 2.39. The lowest BCUT2D eigenvalue weighted by Crippen LogP contribution is -2.39. The van der Waals surface area contributed by atoms with Gasteiger partial charge in [-0.1, -0.05) is 30.3 Å². The molecule has 6 nitrogen and oxygen atoms in total. The zero-order valence-corrected chi connectivity index (χ0v) is 20.4. The second-order valence-corrected chi connectivity index (χ2v) is 10.4. The first-order chi connectivity index (χ1) is 17.7. The Balaban J connectivity index is 1.36. The van der Waals surface area contributed by atoms with Gasteiger partial charge in [0.1, 0.15) is 0 Å². The van der Waals surface area contributed by atoms with Crippen molar-refractivity contribution in [3.8, 4) is 22.4 Å². The summed E-state index contributed by atoms with van der Waals surface area (Å²) in [5.74, 6) is 0.702. The van der Waals surface area contributed by atoms with E-state index in [2.05, 4.69) is 62.4 Å². The smallest absolute Gasteiger partial charge is 0.187 e. The number of aromatic nitrogens is 4. The monoisotopic (exact) mass is 472 g/mol. The number of aryl methyl sites for hydroxylation is 1. The van der Waals surface area contributed by atoms with Crippen LogP contribution in [0.3, 0.4) is 0 Å². The average Bonchev–Trinajstić information content (AvgIpc) is 3.60. The molecule has 178 valence electrons. The van der Waals surface area contributed by atoms with Crippen LogP contribution in [0.15, 0.2) is 67.1 Å². The Kier molecular flexibility index (Phi) is 4.93. The minimum absolute atomic E-state index is 0.648. The van der Waals surface area contributed by atoms with Crippen molar-refractivity contribution in [1.29, 1.82) is 0 Å². The Bertz CT molecular complexity index is 1620. The maximum absolute atomic E-state index is 7.36. The van der Waals surface area contributed by atoms with E-state index in [0.29, 0.717) is 23.7 Å². The molecule has 2 aromatic carbocycles. The SMILES string of the molecule is [C-]#[N+]c1ccc(-c2c(-c3ccc4c(cnn4C)c3)ncc3c2ccn3CC2C[C@H]3CC[C@@H](C2)N3)cc1. The van der Waals surface area contributed by atoms with Crippen LogP contribution in [0.1, 0.15) is 25.7 Å². The van der Waals surface area contributed by atoms with E-state index in [-0.39, 0.29) is 0 Å². The van der Waals surface area contributed by atoms with E-state index in [4.69, 9.17) is 11.6 Å². The topological polar surface area (TPSA) is 52.0 Å². The van der Waals surface area contributed by atoms with E-state index in [1.54, 1.807) is 0 Å². The third-order valence-corrected chi connectivity index (χ3v) is 8.16. The van der Waals surface area contributed by atoms with Crippen LogP contribution in [0.25, 0.3) is 49.0 Å². The van der Waals surface area contributed by atoms with E-state index in [0.717, 1.165) is 39.8 Å². The van der Waals surface area contributed by atoms with E-state index in [9.17, 15) is 0 Å².